The lowest BCUT2D eigenvalue weighted by atomic mass is 9.99. The van der Waals surface area contributed by atoms with Crippen LogP contribution in [0, 0.1) is 0 Å². The lowest BCUT2D eigenvalue weighted by molar-refractivity contribution is 0.0366. The zero-order chi connectivity index (χ0) is 15.4. The summed E-state index contributed by atoms with van der Waals surface area (Å²) in [5.74, 6) is 2.24. The Hall–Kier alpha value is -0.840. The van der Waals surface area contributed by atoms with E-state index in [-0.39, 0.29) is 6.10 Å². The molecule has 0 aliphatic carbocycles. The second-order valence-corrected chi connectivity index (χ2v) is 6.89. The maximum atomic E-state index is 9.63. The molecule has 2 aliphatic heterocycles. The summed E-state index contributed by atoms with van der Waals surface area (Å²) in [7, 11) is 0. The third-order valence-corrected chi connectivity index (χ3v) is 5.17. The fourth-order valence-corrected chi connectivity index (χ4v) is 3.80. The Kier molecular flexibility index (Phi) is 5.55. The molecular formula is C18H30N2O2. The number of aryl methyl sites for hydroxylation is 1. The Balaban J connectivity index is 1.43. The lowest BCUT2D eigenvalue weighted by Gasteiger charge is -2.40. The summed E-state index contributed by atoms with van der Waals surface area (Å²) in [4.78, 5) is 5.11. The van der Waals surface area contributed by atoms with E-state index in [0.29, 0.717) is 0 Å². The number of piperidine rings is 2. The molecule has 2 aliphatic rings. The van der Waals surface area contributed by atoms with Crippen molar-refractivity contribution < 1.29 is 9.52 Å². The second kappa shape index (κ2) is 7.62. The van der Waals surface area contributed by atoms with E-state index in [1.165, 1.54) is 12.8 Å². The number of aliphatic hydroxyl groups is 1. The van der Waals surface area contributed by atoms with Crippen LogP contribution in [0.15, 0.2) is 16.5 Å². The standard InChI is InChI=1S/C18H30N2O2/c1-2-3-17-4-5-18(22-17)14-19-10-6-15(7-11-19)20-12-8-16(21)9-13-20/h4-5,15-16,21H,2-3,6-14H2,1H3. The van der Waals surface area contributed by atoms with Gasteiger partial charge in [0.2, 0.25) is 0 Å². The maximum Gasteiger partial charge on any atom is 0.118 e. The highest BCUT2D eigenvalue weighted by atomic mass is 16.3. The molecule has 1 aromatic rings. The molecule has 0 spiro atoms. The smallest absolute Gasteiger partial charge is 0.118 e. The Labute approximate surface area is 134 Å². The minimum Gasteiger partial charge on any atom is -0.465 e. The Morgan fingerprint density at radius 3 is 2.41 bits per heavy atom. The molecule has 0 unspecified atom stereocenters. The summed E-state index contributed by atoms with van der Waals surface area (Å²) in [6.45, 7) is 7.61. The topological polar surface area (TPSA) is 39.9 Å². The Morgan fingerprint density at radius 2 is 1.73 bits per heavy atom. The summed E-state index contributed by atoms with van der Waals surface area (Å²) in [6, 6.07) is 4.99. The van der Waals surface area contributed by atoms with Gasteiger partial charge >= 0.3 is 0 Å². The number of aliphatic hydroxyl groups excluding tert-OH is 1. The van der Waals surface area contributed by atoms with Crippen LogP contribution in [0.1, 0.15) is 50.5 Å². The van der Waals surface area contributed by atoms with Crippen LogP contribution < -0.4 is 0 Å². The van der Waals surface area contributed by atoms with Crippen LogP contribution in [0.3, 0.4) is 0 Å². The minimum atomic E-state index is -0.0624. The molecule has 1 N–H and O–H groups in total. The summed E-state index contributed by atoms with van der Waals surface area (Å²) in [5.41, 5.74) is 0. The lowest BCUT2D eigenvalue weighted by Crippen LogP contribution is -2.48. The monoisotopic (exact) mass is 306 g/mol. The fraction of sp³-hybridized carbons (Fsp3) is 0.778. The van der Waals surface area contributed by atoms with E-state index in [4.69, 9.17) is 4.42 Å². The van der Waals surface area contributed by atoms with Crippen LogP contribution >= 0.6 is 0 Å². The van der Waals surface area contributed by atoms with Gasteiger partial charge in [0.25, 0.3) is 0 Å². The van der Waals surface area contributed by atoms with Crippen LogP contribution in [-0.2, 0) is 13.0 Å². The summed E-state index contributed by atoms with van der Waals surface area (Å²) in [5, 5.41) is 9.63. The molecule has 4 heteroatoms. The van der Waals surface area contributed by atoms with Crippen molar-refractivity contribution in [2.24, 2.45) is 0 Å². The van der Waals surface area contributed by atoms with Crippen LogP contribution in [0.25, 0.3) is 0 Å². The van der Waals surface area contributed by atoms with Gasteiger partial charge in [-0.25, -0.2) is 0 Å². The molecule has 22 heavy (non-hydrogen) atoms. The highest BCUT2D eigenvalue weighted by Gasteiger charge is 2.27. The van der Waals surface area contributed by atoms with E-state index in [2.05, 4.69) is 28.9 Å². The van der Waals surface area contributed by atoms with Crippen molar-refractivity contribution in [1.29, 1.82) is 0 Å². The van der Waals surface area contributed by atoms with E-state index in [9.17, 15) is 5.11 Å². The van der Waals surface area contributed by atoms with Crippen molar-refractivity contribution in [1.82, 2.24) is 9.80 Å². The van der Waals surface area contributed by atoms with Crippen molar-refractivity contribution in [3.63, 3.8) is 0 Å². The van der Waals surface area contributed by atoms with Crippen LogP contribution in [0.4, 0.5) is 0 Å². The van der Waals surface area contributed by atoms with Crippen molar-refractivity contribution >= 4 is 0 Å². The highest BCUT2D eigenvalue weighted by molar-refractivity contribution is 5.07. The quantitative estimate of drug-likeness (QED) is 0.908. The first-order valence-electron chi connectivity index (χ1n) is 8.96. The first kappa shape index (κ1) is 16.0. The Bertz CT molecular complexity index is 444. The predicted octanol–water partition coefficient (Wildman–Crippen LogP) is 2.65. The molecule has 3 rings (SSSR count). The maximum absolute atomic E-state index is 9.63. The summed E-state index contributed by atoms with van der Waals surface area (Å²) in [6.07, 6.45) is 6.52. The molecule has 0 bridgehead atoms. The molecule has 2 fully saturated rings. The van der Waals surface area contributed by atoms with Gasteiger partial charge in [-0.3, -0.25) is 4.90 Å². The summed E-state index contributed by atoms with van der Waals surface area (Å²) < 4.78 is 5.90. The van der Waals surface area contributed by atoms with E-state index in [1.54, 1.807) is 0 Å². The number of hydrogen-bond acceptors (Lipinski definition) is 4. The number of likely N-dealkylation sites (tertiary alicyclic amines) is 2. The van der Waals surface area contributed by atoms with Gasteiger partial charge in [-0.2, -0.15) is 0 Å². The minimum absolute atomic E-state index is 0.0624. The van der Waals surface area contributed by atoms with Gasteiger partial charge < -0.3 is 14.4 Å². The predicted molar refractivity (Wildman–Crippen MR) is 87.8 cm³/mol. The third kappa shape index (κ3) is 4.12. The second-order valence-electron chi connectivity index (χ2n) is 6.89. The molecule has 0 radical (unpaired) electrons. The van der Waals surface area contributed by atoms with E-state index < -0.39 is 0 Å². The van der Waals surface area contributed by atoms with Gasteiger partial charge in [0.05, 0.1) is 12.6 Å². The average Bonchev–Trinajstić information content (AvgIpc) is 2.97. The van der Waals surface area contributed by atoms with Crippen molar-refractivity contribution in [3.05, 3.63) is 23.7 Å². The Morgan fingerprint density at radius 1 is 1.05 bits per heavy atom. The normalized spacial score (nSPS) is 23.2. The SMILES string of the molecule is CCCc1ccc(CN2CCC(N3CCC(O)CC3)CC2)o1. The molecular weight excluding hydrogens is 276 g/mol. The number of nitrogens with zero attached hydrogens (tertiary/aromatic N) is 2. The first-order valence-corrected chi connectivity index (χ1v) is 8.96. The van der Waals surface area contributed by atoms with Gasteiger partial charge in [0.1, 0.15) is 11.5 Å². The third-order valence-electron chi connectivity index (χ3n) is 5.17. The van der Waals surface area contributed by atoms with E-state index in [1.807, 2.05) is 0 Å². The van der Waals surface area contributed by atoms with Gasteiger partial charge in [-0.1, -0.05) is 6.92 Å². The van der Waals surface area contributed by atoms with Crippen molar-refractivity contribution in [2.45, 2.75) is 64.1 Å². The number of furan rings is 1. The van der Waals surface area contributed by atoms with Crippen LogP contribution in [0.2, 0.25) is 0 Å². The average molecular weight is 306 g/mol. The molecule has 2 saturated heterocycles. The molecule has 4 nitrogen and oxygen atoms in total. The van der Waals surface area contributed by atoms with Crippen LogP contribution in [0.5, 0.6) is 0 Å². The molecule has 0 atom stereocenters. The molecule has 1 aromatic heterocycles. The van der Waals surface area contributed by atoms with Crippen molar-refractivity contribution in [3.8, 4) is 0 Å². The highest BCUT2D eigenvalue weighted by Crippen LogP contribution is 2.22. The van der Waals surface area contributed by atoms with Gasteiger partial charge in [-0.05, 0) is 44.2 Å². The molecule has 3 heterocycles. The molecule has 124 valence electrons. The van der Waals surface area contributed by atoms with Crippen LogP contribution in [-0.4, -0.2) is 53.2 Å². The van der Waals surface area contributed by atoms with Gasteiger partial charge in [0.15, 0.2) is 0 Å². The zero-order valence-electron chi connectivity index (χ0n) is 13.8. The number of rotatable bonds is 5. The molecule has 0 aromatic carbocycles. The van der Waals surface area contributed by atoms with Crippen molar-refractivity contribution in [2.75, 3.05) is 26.2 Å². The zero-order valence-corrected chi connectivity index (χ0v) is 13.8. The summed E-state index contributed by atoms with van der Waals surface area (Å²) >= 11 is 0. The van der Waals surface area contributed by atoms with Gasteiger partial charge in [0, 0.05) is 38.6 Å². The fourth-order valence-electron chi connectivity index (χ4n) is 3.80. The first-order chi connectivity index (χ1) is 10.7. The van der Waals surface area contributed by atoms with E-state index in [0.717, 1.165) is 76.0 Å². The van der Waals surface area contributed by atoms with E-state index >= 15 is 0 Å². The molecule has 0 amide bonds. The number of hydrogen-bond donors (Lipinski definition) is 1. The molecule has 0 saturated carbocycles. The van der Waals surface area contributed by atoms with Gasteiger partial charge in [-0.15, -0.1) is 0 Å². The largest absolute Gasteiger partial charge is 0.465 e.